The molecular formula is C20H20N4O6. The van der Waals surface area contributed by atoms with Gasteiger partial charge in [-0.25, -0.2) is 4.79 Å². The van der Waals surface area contributed by atoms with Crippen LogP contribution in [0.4, 0.5) is 21.9 Å². The number of nitro benzene ring substituents is 1. The first-order valence-electron chi connectivity index (χ1n) is 9.12. The second-order valence-electron chi connectivity index (χ2n) is 7.10. The Morgan fingerprint density at radius 3 is 2.43 bits per heavy atom. The quantitative estimate of drug-likeness (QED) is 0.424. The van der Waals surface area contributed by atoms with Crippen LogP contribution in [0.3, 0.4) is 0 Å². The normalized spacial score (nSPS) is 12.7. The molecule has 3 rings (SSSR count). The standard InChI is InChI=1S/C20H20N4O6/c1-11(2)10-23-18(25)14-6-4-12(8-15(14)19(23)26)21-20(27)22-16-9-13(24(28)29)5-7-17(16)30-3/h4-9,11H,10H2,1-3H3,(H2,21,22,27). The Hall–Kier alpha value is -3.95. The van der Waals surface area contributed by atoms with Gasteiger partial charge in [-0.15, -0.1) is 0 Å². The van der Waals surface area contributed by atoms with E-state index < -0.39 is 16.9 Å². The summed E-state index contributed by atoms with van der Waals surface area (Å²) >= 11 is 0. The summed E-state index contributed by atoms with van der Waals surface area (Å²) in [5, 5.41) is 16.0. The van der Waals surface area contributed by atoms with Crippen molar-refractivity contribution in [2.75, 3.05) is 24.3 Å². The lowest BCUT2D eigenvalue weighted by Crippen LogP contribution is -2.33. The van der Waals surface area contributed by atoms with Gasteiger partial charge in [-0.1, -0.05) is 13.8 Å². The Kier molecular flexibility index (Phi) is 5.67. The van der Waals surface area contributed by atoms with E-state index in [-0.39, 0.29) is 40.1 Å². The van der Waals surface area contributed by atoms with E-state index in [1.807, 2.05) is 13.8 Å². The van der Waals surface area contributed by atoms with Crippen molar-refractivity contribution in [2.45, 2.75) is 13.8 Å². The zero-order valence-electron chi connectivity index (χ0n) is 16.6. The molecule has 0 aromatic heterocycles. The van der Waals surface area contributed by atoms with Crippen LogP contribution in [0.1, 0.15) is 34.6 Å². The lowest BCUT2D eigenvalue weighted by atomic mass is 10.1. The third-order valence-electron chi connectivity index (χ3n) is 4.42. The summed E-state index contributed by atoms with van der Waals surface area (Å²) < 4.78 is 5.11. The summed E-state index contributed by atoms with van der Waals surface area (Å²) in [5.74, 6) is -0.399. The number of carbonyl (C=O) groups is 3. The third-order valence-corrected chi connectivity index (χ3v) is 4.42. The maximum atomic E-state index is 12.6. The van der Waals surface area contributed by atoms with Crippen molar-refractivity contribution in [1.29, 1.82) is 0 Å². The van der Waals surface area contributed by atoms with Crippen LogP contribution in [0.25, 0.3) is 0 Å². The first kappa shape index (κ1) is 20.8. The van der Waals surface area contributed by atoms with Gasteiger partial charge in [0.2, 0.25) is 0 Å². The van der Waals surface area contributed by atoms with E-state index in [1.165, 1.54) is 48.4 Å². The highest BCUT2D eigenvalue weighted by Crippen LogP contribution is 2.30. The molecule has 1 aliphatic rings. The number of benzene rings is 2. The maximum Gasteiger partial charge on any atom is 0.323 e. The number of non-ortho nitro benzene ring substituents is 1. The van der Waals surface area contributed by atoms with Crippen LogP contribution in [-0.4, -0.2) is 41.3 Å². The van der Waals surface area contributed by atoms with E-state index in [1.54, 1.807) is 0 Å². The molecule has 4 amide bonds. The zero-order chi connectivity index (χ0) is 22.0. The number of urea groups is 1. The fraction of sp³-hybridized carbons (Fsp3) is 0.250. The molecule has 0 radical (unpaired) electrons. The number of nitrogens with zero attached hydrogens (tertiary/aromatic N) is 2. The highest BCUT2D eigenvalue weighted by molar-refractivity contribution is 6.22. The van der Waals surface area contributed by atoms with Crippen LogP contribution in [0.15, 0.2) is 36.4 Å². The van der Waals surface area contributed by atoms with Crippen LogP contribution in [0.2, 0.25) is 0 Å². The minimum absolute atomic E-state index is 0.111. The number of nitro groups is 1. The van der Waals surface area contributed by atoms with Crippen molar-refractivity contribution in [3.63, 3.8) is 0 Å². The Morgan fingerprint density at radius 2 is 1.80 bits per heavy atom. The summed E-state index contributed by atoms with van der Waals surface area (Å²) in [6.45, 7) is 4.12. The smallest absolute Gasteiger partial charge is 0.323 e. The maximum absolute atomic E-state index is 12.6. The molecule has 1 heterocycles. The minimum Gasteiger partial charge on any atom is -0.495 e. The number of imide groups is 1. The van der Waals surface area contributed by atoms with Crippen LogP contribution < -0.4 is 15.4 Å². The molecule has 0 unspecified atom stereocenters. The molecule has 2 aromatic rings. The number of anilines is 2. The number of methoxy groups -OCH3 is 1. The minimum atomic E-state index is -0.690. The summed E-state index contributed by atoms with van der Waals surface area (Å²) in [6, 6.07) is 7.54. The van der Waals surface area contributed by atoms with Gasteiger partial charge in [-0.3, -0.25) is 24.6 Å². The number of amides is 4. The summed E-state index contributed by atoms with van der Waals surface area (Å²) in [5.41, 5.74) is 0.694. The van der Waals surface area contributed by atoms with Crippen LogP contribution in [-0.2, 0) is 0 Å². The van der Waals surface area contributed by atoms with Gasteiger partial charge in [-0.05, 0) is 30.2 Å². The van der Waals surface area contributed by atoms with E-state index in [2.05, 4.69) is 10.6 Å². The average Bonchev–Trinajstić information content (AvgIpc) is 2.92. The van der Waals surface area contributed by atoms with Crippen LogP contribution in [0, 0.1) is 16.0 Å². The molecule has 1 aliphatic heterocycles. The van der Waals surface area contributed by atoms with Gasteiger partial charge in [-0.2, -0.15) is 0 Å². The number of hydrogen-bond donors (Lipinski definition) is 2. The first-order chi connectivity index (χ1) is 14.2. The molecule has 10 heteroatoms. The monoisotopic (exact) mass is 412 g/mol. The fourth-order valence-corrected chi connectivity index (χ4v) is 3.09. The second-order valence-corrected chi connectivity index (χ2v) is 7.10. The Bertz CT molecular complexity index is 1050. The van der Waals surface area contributed by atoms with Gasteiger partial charge in [0.05, 0.1) is 28.8 Å². The SMILES string of the molecule is COc1ccc([N+](=O)[O-])cc1NC(=O)Nc1ccc2c(c1)C(=O)N(CC(C)C)C2=O. The average molecular weight is 412 g/mol. The summed E-state index contributed by atoms with van der Waals surface area (Å²) in [6.07, 6.45) is 0. The first-order valence-corrected chi connectivity index (χ1v) is 9.12. The van der Waals surface area contributed by atoms with Crippen molar-refractivity contribution in [3.05, 3.63) is 57.6 Å². The second kappa shape index (κ2) is 8.19. The van der Waals surface area contributed by atoms with Crippen molar-refractivity contribution >= 4 is 34.9 Å². The number of ether oxygens (including phenoxy) is 1. The van der Waals surface area contributed by atoms with Crippen LogP contribution in [0.5, 0.6) is 5.75 Å². The summed E-state index contributed by atoms with van der Waals surface area (Å²) in [4.78, 5) is 48.9. The summed E-state index contributed by atoms with van der Waals surface area (Å²) in [7, 11) is 1.37. The Labute approximate surface area is 172 Å². The molecule has 2 N–H and O–H groups in total. The van der Waals surface area contributed by atoms with Crippen molar-refractivity contribution < 1.29 is 24.0 Å². The highest BCUT2D eigenvalue weighted by Gasteiger charge is 2.35. The molecular weight excluding hydrogens is 392 g/mol. The molecule has 30 heavy (non-hydrogen) atoms. The molecule has 0 atom stereocenters. The van der Waals surface area contributed by atoms with E-state index in [9.17, 15) is 24.5 Å². The van der Waals surface area contributed by atoms with E-state index in [4.69, 9.17) is 4.74 Å². The molecule has 10 nitrogen and oxygen atoms in total. The van der Waals surface area contributed by atoms with Gasteiger partial charge in [0.15, 0.2) is 0 Å². The molecule has 156 valence electrons. The highest BCUT2D eigenvalue weighted by atomic mass is 16.6. The molecule has 0 spiro atoms. The third kappa shape index (κ3) is 4.07. The molecule has 2 aromatic carbocycles. The van der Waals surface area contributed by atoms with E-state index in [0.717, 1.165) is 0 Å². The molecule has 0 bridgehead atoms. The van der Waals surface area contributed by atoms with Crippen LogP contribution >= 0.6 is 0 Å². The van der Waals surface area contributed by atoms with E-state index in [0.29, 0.717) is 12.2 Å². The molecule has 0 fully saturated rings. The number of carbonyl (C=O) groups excluding carboxylic acids is 3. The number of fused-ring (bicyclic) bond motifs is 1. The van der Waals surface area contributed by atoms with Gasteiger partial charge in [0, 0.05) is 24.4 Å². The van der Waals surface area contributed by atoms with Gasteiger partial charge in [0.1, 0.15) is 5.75 Å². The topological polar surface area (TPSA) is 131 Å². The van der Waals surface area contributed by atoms with Crippen molar-refractivity contribution in [3.8, 4) is 5.75 Å². The van der Waals surface area contributed by atoms with Gasteiger partial charge < -0.3 is 15.4 Å². The predicted octanol–water partition coefficient (Wildman–Crippen LogP) is 3.50. The molecule has 0 saturated heterocycles. The largest absolute Gasteiger partial charge is 0.495 e. The van der Waals surface area contributed by atoms with Gasteiger partial charge in [0.25, 0.3) is 17.5 Å². The lowest BCUT2D eigenvalue weighted by Gasteiger charge is -2.15. The lowest BCUT2D eigenvalue weighted by molar-refractivity contribution is -0.384. The predicted molar refractivity (Wildman–Crippen MR) is 109 cm³/mol. The Morgan fingerprint density at radius 1 is 1.10 bits per heavy atom. The van der Waals surface area contributed by atoms with E-state index >= 15 is 0 Å². The molecule has 0 aliphatic carbocycles. The van der Waals surface area contributed by atoms with Gasteiger partial charge >= 0.3 is 6.03 Å². The fourth-order valence-electron chi connectivity index (χ4n) is 3.09. The number of nitrogens with one attached hydrogen (secondary N) is 2. The zero-order valence-corrected chi connectivity index (χ0v) is 16.6. The Balaban J connectivity index is 1.78. The number of rotatable bonds is 6. The molecule has 0 saturated carbocycles. The number of hydrogen-bond acceptors (Lipinski definition) is 6. The van der Waals surface area contributed by atoms with Crippen molar-refractivity contribution in [1.82, 2.24) is 4.90 Å². The van der Waals surface area contributed by atoms with Crippen molar-refractivity contribution in [2.24, 2.45) is 5.92 Å².